The quantitative estimate of drug-likeness (QED) is 0.771. The highest BCUT2D eigenvalue weighted by molar-refractivity contribution is 9.10. The molecule has 0 spiro atoms. The highest BCUT2D eigenvalue weighted by Crippen LogP contribution is 2.21. The third kappa shape index (κ3) is 5.63. The summed E-state index contributed by atoms with van der Waals surface area (Å²) in [4.78, 5) is 36.7. The van der Waals surface area contributed by atoms with Crippen LogP contribution < -0.4 is 5.32 Å². The molecule has 1 aliphatic heterocycles. The zero-order chi connectivity index (χ0) is 17.5. The molecule has 1 aromatic rings. The number of carboxylic acid groups (broad SMARTS) is 1. The molecule has 0 aliphatic carbocycles. The third-order valence-electron chi connectivity index (χ3n) is 4.14. The van der Waals surface area contributed by atoms with E-state index in [2.05, 4.69) is 21.2 Å². The van der Waals surface area contributed by atoms with Gasteiger partial charge in [-0.15, -0.1) is 0 Å². The molecule has 1 aliphatic rings. The molecule has 0 aromatic heterocycles. The van der Waals surface area contributed by atoms with E-state index in [1.165, 1.54) is 0 Å². The summed E-state index contributed by atoms with van der Waals surface area (Å²) in [6.45, 7) is 1.19. The number of halogens is 1. The molecule has 1 unspecified atom stereocenters. The van der Waals surface area contributed by atoms with Crippen LogP contribution in [0.4, 0.5) is 0 Å². The maximum Gasteiger partial charge on any atom is 0.303 e. The van der Waals surface area contributed by atoms with Crippen molar-refractivity contribution in [2.45, 2.75) is 25.7 Å². The van der Waals surface area contributed by atoms with Crippen LogP contribution in [-0.4, -0.2) is 47.4 Å². The first-order valence-corrected chi connectivity index (χ1v) is 8.78. The molecule has 130 valence electrons. The first-order valence-electron chi connectivity index (χ1n) is 7.99. The molecule has 1 aromatic carbocycles. The van der Waals surface area contributed by atoms with Crippen LogP contribution in [-0.2, 0) is 9.59 Å². The minimum absolute atomic E-state index is 0.0411. The second-order valence-corrected chi connectivity index (χ2v) is 6.89. The number of carboxylic acids is 1. The lowest BCUT2D eigenvalue weighted by atomic mass is 9.93. The molecule has 1 fully saturated rings. The van der Waals surface area contributed by atoms with Gasteiger partial charge in [0.1, 0.15) is 0 Å². The molecule has 2 N–H and O–H groups in total. The van der Waals surface area contributed by atoms with Crippen molar-refractivity contribution < 1.29 is 19.5 Å². The number of benzene rings is 1. The van der Waals surface area contributed by atoms with Crippen LogP contribution >= 0.6 is 15.9 Å². The summed E-state index contributed by atoms with van der Waals surface area (Å²) in [5.74, 6) is -0.989. The summed E-state index contributed by atoms with van der Waals surface area (Å²) in [5.41, 5.74) is 0.504. The molecule has 6 nitrogen and oxygen atoms in total. The first-order chi connectivity index (χ1) is 11.5. The van der Waals surface area contributed by atoms with Gasteiger partial charge in [-0.25, -0.2) is 0 Å². The van der Waals surface area contributed by atoms with E-state index < -0.39 is 5.97 Å². The van der Waals surface area contributed by atoms with Crippen molar-refractivity contribution in [1.82, 2.24) is 10.2 Å². The Bertz CT molecular complexity index is 603. The monoisotopic (exact) mass is 396 g/mol. The minimum Gasteiger partial charge on any atom is -0.481 e. The number of nitrogens with zero attached hydrogens (tertiary/aromatic N) is 1. The number of piperidine rings is 1. The summed E-state index contributed by atoms with van der Waals surface area (Å²) < 4.78 is 0.885. The Morgan fingerprint density at radius 1 is 1.25 bits per heavy atom. The number of nitrogens with one attached hydrogen (secondary N) is 1. The highest BCUT2D eigenvalue weighted by atomic mass is 79.9. The van der Waals surface area contributed by atoms with Gasteiger partial charge in [-0.1, -0.05) is 15.9 Å². The SMILES string of the molecule is O=C(O)CCC1CCCN(C(=O)CNC(=O)c2ccc(Br)cc2)C1. The lowest BCUT2D eigenvalue weighted by Crippen LogP contribution is -2.45. The van der Waals surface area contributed by atoms with E-state index in [-0.39, 0.29) is 30.7 Å². The molecule has 0 saturated carbocycles. The average Bonchev–Trinajstić information content (AvgIpc) is 2.58. The van der Waals surface area contributed by atoms with Gasteiger partial charge in [0, 0.05) is 29.5 Å². The van der Waals surface area contributed by atoms with Gasteiger partial charge in [-0.2, -0.15) is 0 Å². The minimum atomic E-state index is -0.805. The molecule has 1 atom stereocenters. The van der Waals surface area contributed by atoms with Crippen molar-refractivity contribution >= 4 is 33.7 Å². The predicted octanol–water partition coefficient (Wildman–Crippen LogP) is 2.28. The smallest absolute Gasteiger partial charge is 0.303 e. The number of carbonyl (C=O) groups excluding carboxylic acids is 2. The van der Waals surface area contributed by atoms with Crippen LogP contribution in [0.15, 0.2) is 28.7 Å². The van der Waals surface area contributed by atoms with Crippen molar-refractivity contribution in [2.75, 3.05) is 19.6 Å². The first kappa shape index (κ1) is 18.4. The fraction of sp³-hybridized carbons (Fsp3) is 0.471. The Kier molecular flexibility index (Phi) is 6.78. The molecule has 1 saturated heterocycles. The van der Waals surface area contributed by atoms with E-state index in [0.717, 1.165) is 17.3 Å². The largest absolute Gasteiger partial charge is 0.481 e. The van der Waals surface area contributed by atoms with E-state index in [4.69, 9.17) is 5.11 Å². The molecule has 2 rings (SSSR count). The maximum atomic E-state index is 12.3. The zero-order valence-corrected chi connectivity index (χ0v) is 14.9. The summed E-state index contributed by atoms with van der Waals surface area (Å²) >= 11 is 3.31. The van der Waals surface area contributed by atoms with Crippen LogP contribution in [0.25, 0.3) is 0 Å². The van der Waals surface area contributed by atoms with Crippen LogP contribution in [0, 0.1) is 5.92 Å². The fourth-order valence-electron chi connectivity index (χ4n) is 2.83. The Morgan fingerprint density at radius 3 is 2.62 bits per heavy atom. The Balaban J connectivity index is 1.80. The van der Waals surface area contributed by atoms with Crippen molar-refractivity contribution in [3.05, 3.63) is 34.3 Å². The van der Waals surface area contributed by atoms with Gasteiger partial charge < -0.3 is 15.3 Å². The van der Waals surface area contributed by atoms with Crippen molar-refractivity contribution in [1.29, 1.82) is 0 Å². The molecule has 0 bridgehead atoms. The zero-order valence-electron chi connectivity index (χ0n) is 13.3. The molecule has 0 radical (unpaired) electrons. The Labute approximate surface area is 149 Å². The lowest BCUT2D eigenvalue weighted by molar-refractivity contribution is -0.137. The Morgan fingerprint density at radius 2 is 1.96 bits per heavy atom. The van der Waals surface area contributed by atoms with Gasteiger partial charge in [-0.3, -0.25) is 14.4 Å². The molecule has 24 heavy (non-hydrogen) atoms. The maximum absolute atomic E-state index is 12.3. The summed E-state index contributed by atoms with van der Waals surface area (Å²) in [7, 11) is 0. The summed E-state index contributed by atoms with van der Waals surface area (Å²) in [6.07, 6.45) is 2.54. The van der Waals surface area contributed by atoms with Gasteiger partial charge in [0.25, 0.3) is 5.91 Å². The van der Waals surface area contributed by atoms with E-state index in [9.17, 15) is 14.4 Å². The second-order valence-electron chi connectivity index (χ2n) is 5.97. The Hall–Kier alpha value is -1.89. The summed E-state index contributed by atoms with van der Waals surface area (Å²) in [6, 6.07) is 6.92. The number of amides is 2. The van der Waals surface area contributed by atoms with E-state index in [1.54, 1.807) is 29.2 Å². The van der Waals surface area contributed by atoms with Gasteiger partial charge in [0.2, 0.25) is 5.91 Å². The number of carbonyl (C=O) groups is 3. The van der Waals surface area contributed by atoms with E-state index >= 15 is 0 Å². The normalized spacial score (nSPS) is 17.4. The highest BCUT2D eigenvalue weighted by Gasteiger charge is 2.24. The second kappa shape index (κ2) is 8.82. The molecule has 2 amide bonds. The predicted molar refractivity (Wildman–Crippen MR) is 92.6 cm³/mol. The van der Waals surface area contributed by atoms with Gasteiger partial charge in [-0.05, 0) is 49.4 Å². The summed E-state index contributed by atoms with van der Waals surface area (Å²) in [5, 5.41) is 11.4. The molecule has 7 heteroatoms. The molecule has 1 heterocycles. The number of rotatable bonds is 6. The van der Waals surface area contributed by atoms with Crippen molar-refractivity contribution in [2.24, 2.45) is 5.92 Å². The van der Waals surface area contributed by atoms with Crippen LogP contribution in [0.1, 0.15) is 36.0 Å². The molecular formula is C17H21BrN2O4. The van der Waals surface area contributed by atoms with Crippen molar-refractivity contribution in [3.8, 4) is 0 Å². The number of hydrogen-bond donors (Lipinski definition) is 2. The number of aliphatic carboxylic acids is 1. The standard InChI is InChI=1S/C17H21BrN2O4/c18-14-6-4-13(5-7-14)17(24)19-10-15(21)20-9-1-2-12(11-20)3-8-16(22)23/h4-7,12H,1-3,8-11H2,(H,19,24)(H,22,23). The number of hydrogen-bond acceptors (Lipinski definition) is 3. The average molecular weight is 397 g/mol. The van der Waals surface area contributed by atoms with E-state index in [0.29, 0.717) is 25.1 Å². The third-order valence-corrected chi connectivity index (χ3v) is 4.67. The van der Waals surface area contributed by atoms with E-state index in [1.807, 2.05) is 0 Å². The van der Waals surface area contributed by atoms with Crippen LogP contribution in [0.2, 0.25) is 0 Å². The van der Waals surface area contributed by atoms with Crippen LogP contribution in [0.5, 0.6) is 0 Å². The van der Waals surface area contributed by atoms with Crippen LogP contribution in [0.3, 0.4) is 0 Å². The lowest BCUT2D eigenvalue weighted by Gasteiger charge is -2.32. The van der Waals surface area contributed by atoms with Gasteiger partial charge in [0.15, 0.2) is 0 Å². The molecular weight excluding hydrogens is 376 g/mol. The van der Waals surface area contributed by atoms with Gasteiger partial charge >= 0.3 is 5.97 Å². The van der Waals surface area contributed by atoms with Crippen molar-refractivity contribution in [3.63, 3.8) is 0 Å². The number of likely N-dealkylation sites (tertiary alicyclic amines) is 1. The topological polar surface area (TPSA) is 86.7 Å². The van der Waals surface area contributed by atoms with Gasteiger partial charge in [0.05, 0.1) is 6.54 Å². The fourth-order valence-corrected chi connectivity index (χ4v) is 3.09.